The Hall–Kier alpha value is -1.91. The molecule has 1 fully saturated rings. The van der Waals surface area contributed by atoms with E-state index in [4.69, 9.17) is 15.2 Å². The van der Waals surface area contributed by atoms with E-state index in [1.54, 1.807) is 18.2 Å². The highest BCUT2D eigenvalue weighted by molar-refractivity contribution is 5.77. The first kappa shape index (κ1) is 12.5. The van der Waals surface area contributed by atoms with Crippen molar-refractivity contribution in [1.29, 1.82) is 0 Å². The fourth-order valence-corrected chi connectivity index (χ4v) is 1.58. The zero-order valence-electron chi connectivity index (χ0n) is 10.4. The van der Waals surface area contributed by atoms with Crippen molar-refractivity contribution in [1.82, 2.24) is 5.32 Å². The Morgan fingerprint density at radius 2 is 2.22 bits per heavy atom. The van der Waals surface area contributed by atoms with E-state index < -0.39 is 0 Å². The minimum absolute atomic E-state index is 0.00695. The van der Waals surface area contributed by atoms with Gasteiger partial charge in [-0.05, 0) is 30.9 Å². The van der Waals surface area contributed by atoms with Gasteiger partial charge in [0.1, 0.15) is 0 Å². The summed E-state index contributed by atoms with van der Waals surface area (Å²) in [6, 6.07) is 5.07. The van der Waals surface area contributed by atoms with Crippen LogP contribution in [0.3, 0.4) is 0 Å². The lowest BCUT2D eigenvalue weighted by molar-refractivity contribution is -0.123. The molecule has 1 aliphatic carbocycles. The third-order valence-corrected chi connectivity index (χ3v) is 2.83. The van der Waals surface area contributed by atoms with E-state index in [1.165, 1.54) is 20.0 Å². The van der Waals surface area contributed by atoms with Gasteiger partial charge in [0, 0.05) is 18.3 Å². The third kappa shape index (κ3) is 3.55. The molecule has 0 aliphatic heterocycles. The number of rotatable bonds is 6. The number of carbonyl (C=O) groups is 1. The Morgan fingerprint density at radius 3 is 2.89 bits per heavy atom. The molecule has 1 saturated carbocycles. The second-order valence-corrected chi connectivity index (χ2v) is 4.45. The Bertz CT molecular complexity index is 430. The predicted octanol–water partition coefficient (Wildman–Crippen LogP) is 1.18. The lowest BCUT2D eigenvalue weighted by Crippen LogP contribution is -2.30. The van der Waals surface area contributed by atoms with Crippen LogP contribution in [0.5, 0.6) is 11.5 Å². The molecule has 1 aliphatic rings. The summed E-state index contributed by atoms with van der Waals surface area (Å²) in [5.74, 6) is 1.61. The van der Waals surface area contributed by atoms with E-state index in [1.807, 2.05) is 0 Å². The van der Waals surface area contributed by atoms with Gasteiger partial charge < -0.3 is 20.5 Å². The Kier molecular flexibility index (Phi) is 3.92. The molecule has 0 saturated heterocycles. The SMILES string of the molecule is COc1cc(N)ccc1OCC(=O)NCC1CC1. The van der Waals surface area contributed by atoms with E-state index >= 15 is 0 Å². The Morgan fingerprint density at radius 1 is 1.44 bits per heavy atom. The molecule has 2 rings (SSSR count). The van der Waals surface area contributed by atoms with Gasteiger partial charge in [-0.25, -0.2) is 0 Å². The van der Waals surface area contributed by atoms with E-state index in [0.717, 1.165) is 6.54 Å². The molecule has 5 nitrogen and oxygen atoms in total. The topological polar surface area (TPSA) is 73.6 Å². The first-order valence-electron chi connectivity index (χ1n) is 6.02. The third-order valence-electron chi connectivity index (χ3n) is 2.83. The molecule has 0 spiro atoms. The standard InChI is InChI=1S/C13H18N2O3/c1-17-12-6-10(14)4-5-11(12)18-8-13(16)15-7-9-2-3-9/h4-6,9H,2-3,7-8,14H2,1H3,(H,15,16). The number of methoxy groups -OCH3 is 1. The van der Waals surface area contributed by atoms with Crippen molar-refractivity contribution in [3.63, 3.8) is 0 Å². The second kappa shape index (κ2) is 5.62. The van der Waals surface area contributed by atoms with Crippen LogP contribution in [0.15, 0.2) is 18.2 Å². The number of carbonyl (C=O) groups excluding carboxylic acids is 1. The van der Waals surface area contributed by atoms with Crippen molar-refractivity contribution >= 4 is 11.6 Å². The number of hydrogen-bond acceptors (Lipinski definition) is 4. The molecule has 5 heteroatoms. The molecule has 0 aromatic heterocycles. The monoisotopic (exact) mass is 250 g/mol. The van der Waals surface area contributed by atoms with Crippen LogP contribution < -0.4 is 20.5 Å². The van der Waals surface area contributed by atoms with Crippen LogP contribution in [0.2, 0.25) is 0 Å². The molecule has 1 amide bonds. The van der Waals surface area contributed by atoms with Crippen molar-refractivity contribution in [2.75, 3.05) is 26.0 Å². The van der Waals surface area contributed by atoms with E-state index in [2.05, 4.69) is 5.32 Å². The highest BCUT2D eigenvalue weighted by Gasteiger charge is 2.21. The molecule has 98 valence electrons. The Labute approximate surface area is 106 Å². The average molecular weight is 250 g/mol. The van der Waals surface area contributed by atoms with Crippen LogP contribution in [-0.4, -0.2) is 26.2 Å². The molecule has 18 heavy (non-hydrogen) atoms. The van der Waals surface area contributed by atoms with Crippen LogP contribution in [-0.2, 0) is 4.79 Å². The summed E-state index contributed by atoms with van der Waals surface area (Å²) in [6.07, 6.45) is 2.43. The van der Waals surface area contributed by atoms with Crippen molar-refractivity contribution < 1.29 is 14.3 Å². The smallest absolute Gasteiger partial charge is 0.257 e. The Balaban J connectivity index is 1.82. The molecule has 1 aromatic carbocycles. The van der Waals surface area contributed by atoms with Gasteiger partial charge in [0.05, 0.1) is 7.11 Å². The van der Waals surface area contributed by atoms with Crippen molar-refractivity contribution in [3.05, 3.63) is 18.2 Å². The fourth-order valence-electron chi connectivity index (χ4n) is 1.58. The molecular weight excluding hydrogens is 232 g/mol. The van der Waals surface area contributed by atoms with E-state index in [-0.39, 0.29) is 12.5 Å². The largest absolute Gasteiger partial charge is 0.493 e. The van der Waals surface area contributed by atoms with Gasteiger partial charge >= 0.3 is 0 Å². The number of hydrogen-bond donors (Lipinski definition) is 2. The highest BCUT2D eigenvalue weighted by Crippen LogP contribution is 2.29. The zero-order valence-corrected chi connectivity index (χ0v) is 10.4. The van der Waals surface area contributed by atoms with Gasteiger partial charge in [0.25, 0.3) is 5.91 Å². The van der Waals surface area contributed by atoms with Crippen molar-refractivity contribution in [3.8, 4) is 11.5 Å². The summed E-state index contributed by atoms with van der Waals surface area (Å²) in [7, 11) is 1.54. The predicted molar refractivity (Wildman–Crippen MR) is 68.6 cm³/mol. The van der Waals surface area contributed by atoms with Crippen molar-refractivity contribution in [2.45, 2.75) is 12.8 Å². The van der Waals surface area contributed by atoms with Crippen LogP contribution in [0.25, 0.3) is 0 Å². The molecule has 0 unspecified atom stereocenters. The lowest BCUT2D eigenvalue weighted by Gasteiger charge is -2.11. The minimum Gasteiger partial charge on any atom is -0.493 e. The van der Waals surface area contributed by atoms with Gasteiger partial charge in [-0.1, -0.05) is 0 Å². The minimum atomic E-state index is -0.110. The first-order chi connectivity index (χ1) is 8.69. The zero-order chi connectivity index (χ0) is 13.0. The summed E-state index contributed by atoms with van der Waals surface area (Å²) in [4.78, 5) is 11.5. The maximum Gasteiger partial charge on any atom is 0.257 e. The number of ether oxygens (including phenoxy) is 2. The highest BCUT2D eigenvalue weighted by atomic mass is 16.5. The molecule has 0 bridgehead atoms. The number of nitrogens with one attached hydrogen (secondary N) is 1. The van der Waals surface area contributed by atoms with Crippen LogP contribution >= 0.6 is 0 Å². The average Bonchev–Trinajstić information content (AvgIpc) is 3.18. The second-order valence-electron chi connectivity index (χ2n) is 4.45. The maximum atomic E-state index is 11.5. The van der Waals surface area contributed by atoms with Crippen LogP contribution in [0.1, 0.15) is 12.8 Å². The summed E-state index contributed by atoms with van der Waals surface area (Å²) < 4.78 is 10.5. The number of benzene rings is 1. The number of anilines is 1. The molecule has 0 atom stereocenters. The number of amides is 1. The van der Waals surface area contributed by atoms with Gasteiger partial charge in [-0.3, -0.25) is 4.79 Å². The normalized spacial score (nSPS) is 14.1. The molecule has 3 N–H and O–H groups in total. The van der Waals surface area contributed by atoms with Gasteiger partial charge in [-0.2, -0.15) is 0 Å². The fraction of sp³-hybridized carbons (Fsp3) is 0.462. The summed E-state index contributed by atoms with van der Waals surface area (Å²) in [5.41, 5.74) is 6.23. The van der Waals surface area contributed by atoms with E-state index in [0.29, 0.717) is 23.1 Å². The summed E-state index contributed by atoms with van der Waals surface area (Å²) in [6.45, 7) is 0.744. The van der Waals surface area contributed by atoms with Gasteiger partial charge in [-0.15, -0.1) is 0 Å². The first-order valence-corrected chi connectivity index (χ1v) is 6.02. The van der Waals surface area contributed by atoms with Crippen molar-refractivity contribution in [2.24, 2.45) is 5.92 Å². The van der Waals surface area contributed by atoms with Crippen LogP contribution in [0, 0.1) is 5.92 Å². The summed E-state index contributed by atoms with van der Waals surface area (Å²) >= 11 is 0. The van der Waals surface area contributed by atoms with Gasteiger partial charge in [0.15, 0.2) is 18.1 Å². The number of nitrogens with two attached hydrogens (primary N) is 1. The van der Waals surface area contributed by atoms with E-state index in [9.17, 15) is 4.79 Å². The molecule has 0 heterocycles. The molecule has 0 radical (unpaired) electrons. The van der Waals surface area contributed by atoms with Crippen LogP contribution in [0.4, 0.5) is 5.69 Å². The number of nitrogen functional groups attached to an aromatic ring is 1. The lowest BCUT2D eigenvalue weighted by atomic mass is 10.3. The maximum absolute atomic E-state index is 11.5. The quantitative estimate of drug-likeness (QED) is 0.744. The summed E-state index contributed by atoms with van der Waals surface area (Å²) in [5, 5.41) is 2.83. The molecule has 1 aromatic rings. The van der Waals surface area contributed by atoms with Gasteiger partial charge in [0.2, 0.25) is 0 Å². The molecular formula is C13H18N2O3.